The minimum atomic E-state index is -1.31. The van der Waals surface area contributed by atoms with Gasteiger partial charge in [-0.25, -0.2) is 9.37 Å². The van der Waals surface area contributed by atoms with Gasteiger partial charge in [0.2, 0.25) is 0 Å². The summed E-state index contributed by atoms with van der Waals surface area (Å²) in [4.78, 5) is 5.62. The SMILES string of the molecule is Cc1c(C[C@H](N)CC2(F)COC2)oc2c(NCc3cccs3)cc(Cl)nc12. The number of fused-ring (bicyclic) bond motifs is 1. The van der Waals surface area contributed by atoms with Crippen molar-refractivity contribution in [2.24, 2.45) is 5.73 Å². The predicted octanol–water partition coefficient (Wildman–Crippen LogP) is 4.46. The van der Waals surface area contributed by atoms with E-state index in [9.17, 15) is 4.39 Å². The third-order valence-corrected chi connectivity index (χ3v) is 5.84. The number of nitrogens with zero attached hydrogens (tertiary/aromatic N) is 1. The molecule has 0 saturated carbocycles. The Hall–Kier alpha value is -1.67. The lowest BCUT2D eigenvalue weighted by Crippen LogP contribution is -2.49. The minimum absolute atomic E-state index is 0.119. The number of nitrogens with one attached hydrogen (secondary N) is 1. The number of ether oxygens (including phenoxy) is 1. The van der Waals surface area contributed by atoms with Crippen LogP contribution in [0.15, 0.2) is 28.0 Å². The van der Waals surface area contributed by atoms with Gasteiger partial charge in [-0.05, 0) is 18.4 Å². The maximum Gasteiger partial charge on any atom is 0.176 e. The molecule has 0 aromatic carbocycles. The Morgan fingerprint density at radius 2 is 2.30 bits per heavy atom. The number of thiophene rings is 1. The average molecular weight is 410 g/mol. The molecule has 8 heteroatoms. The smallest absolute Gasteiger partial charge is 0.176 e. The highest BCUT2D eigenvalue weighted by Crippen LogP contribution is 2.34. The third-order valence-electron chi connectivity index (χ3n) is 4.77. The predicted molar refractivity (Wildman–Crippen MR) is 106 cm³/mol. The van der Waals surface area contributed by atoms with Gasteiger partial charge in [0, 0.05) is 41.9 Å². The number of hydrogen-bond acceptors (Lipinski definition) is 6. The van der Waals surface area contributed by atoms with Gasteiger partial charge in [0.05, 0.1) is 18.9 Å². The van der Waals surface area contributed by atoms with Crippen LogP contribution in [0.3, 0.4) is 0 Å². The van der Waals surface area contributed by atoms with Crippen molar-refractivity contribution < 1.29 is 13.5 Å². The zero-order chi connectivity index (χ0) is 19.0. The Morgan fingerprint density at radius 3 is 2.96 bits per heavy atom. The second-order valence-electron chi connectivity index (χ2n) is 7.07. The van der Waals surface area contributed by atoms with Gasteiger partial charge >= 0.3 is 0 Å². The molecule has 1 aliphatic rings. The highest BCUT2D eigenvalue weighted by Gasteiger charge is 2.40. The number of halogens is 2. The first-order valence-corrected chi connectivity index (χ1v) is 10.1. The first-order chi connectivity index (χ1) is 12.9. The van der Waals surface area contributed by atoms with Crippen LogP contribution in [-0.4, -0.2) is 29.9 Å². The van der Waals surface area contributed by atoms with Gasteiger partial charge in [0.25, 0.3) is 0 Å². The van der Waals surface area contributed by atoms with E-state index in [1.54, 1.807) is 17.4 Å². The molecule has 144 valence electrons. The number of nitrogens with two attached hydrogens (primary N) is 1. The molecule has 3 aromatic heterocycles. The van der Waals surface area contributed by atoms with E-state index in [1.807, 2.05) is 18.4 Å². The number of aryl methyl sites for hydroxylation is 1. The molecule has 0 amide bonds. The highest BCUT2D eigenvalue weighted by atomic mass is 35.5. The van der Waals surface area contributed by atoms with Gasteiger partial charge in [0.15, 0.2) is 11.3 Å². The Bertz CT molecular complexity index is 940. The van der Waals surface area contributed by atoms with Crippen molar-refractivity contribution in [1.29, 1.82) is 0 Å². The second kappa shape index (κ2) is 7.39. The van der Waals surface area contributed by atoms with Crippen molar-refractivity contribution in [1.82, 2.24) is 4.98 Å². The summed E-state index contributed by atoms with van der Waals surface area (Å²) in [5.74, 6) is 0.718. The van der Waals surface area contributed by atoms with Crippen LogP contribution in [0.2, 0.25) is 5.15 Å². The number of alkyl halides is 1. The van der Waals surface area contributed by atoms with Gasteiger partial charge < -0.3 is 20.2 Å². The van der Waals surface area contributed by atoms with Gasteiger partial charge in [-0.3, -0.25) is 0 Å². The fourth-order valence-electron chi connectivity index (χ4n) is 3.33. The maximum atomic E-state index is 14.2. The molecular formula is C19H21ClFN3O2S. The summed E-state index contributed by atoms with van der Waals surface area (Å²) in [6, 6.07) is 5.48. The fourth-order valence-corrected chi connectivity index (χ4v) is 4.17. The second-order valence-corrected chi connectivity index (χ2v) is 8.48. The summed E-state index contributed by atoms with van der Waals surface area (Å²) in [5.41, 5.74) is 7.89. The number of pyridine rings is 1. The van der Waals surface area contributed by atoms with Crippen LogP contribution in [0.1, 0.15) is 22.6 Å². The molecule has 1 aliphatic heterocycles. The van der Waals surface area contributed by atoms with Crippen LogP contribution in [0.25, 0.3) is 11.1 Å². The molecular weight excluding hydrogens is 389 g/mol. The fraction of sp³-hybridized carbons (Fsp3) is 0.421. The molecule has 1 atom stereocenters. The minimum Gasteiger partial charge on any atom is -0.457 e. The van der Waals surface area contributed by atoms with Crippen molar-refractivity contribution in [3.8, 4) is 0 Å². The van der Waals surface area contributed by atoms with Gasteiger partial charge in [-0.2, -0.15) is 0 Å². The number of hydrogen-bond donors (Lipinski definition) is 2. The van der Waals surface area contributed by atoms with E-state index in [2.05, 4.69) is 16.4 Å². The Labute approximate surface area is 165 Å². The molecule has 0 radical (unpaired) electrons. The summed E-state index contributed by atoms with van der Waals surface area (Å²) in [5, 5.41) is 5.79. The monoisotopic (exact) mass is 409 g/mol. The van der Waals surface area contributed by atoms with Crippen LogP contribution < -0.4 is 11.1 Å². The zero-order valence-corrected chi connectivity index (χ0v) is 16.5. The molecule has 4 heterocycles. The molecule has 3 aromatic rings. The Kier molecular flexibility index (Phi) is 5.11. The molecule has 0 spiro atoms. The summed E-state index contributed by atoms with van der Waals surface area (Å²) in [6.07, 6.45) is 0.691. The van der Waals surface area contributed by atoms with Crippen LogP contribution in [0.4, 0.5) is 10.1 Å². The summed E-state index contributed by atoms with van der Waals surface area (Å²) >= 11 is 7.88. The molecule has 4 rings (SSSR count). The van der Waals surface area contributed by atoms with Gasteiger partial charge in [0.1, 0.15) is 16.4 Å². The molecule has 3 N–H and O–H groups in total. The van der Waals surface area contributed by atoms with Crippen LogP contribution >= 0.6 is 22.9 Å². The average Bonchev–Trinajstić information content (AvgIpc) is 3.21. The molecule has 27 heavy (non-hydrogen) atoms. The van der Waals surface area contributed by atoms with Crippen molar-refractivity contribution in [2.75, 3.05) is 18.5 Å². The standard InChI is InChI=1S/C19H21ClFN3O2S/c1-11-15(5-12(22)7-19(21)9-25-10-19)26-18-14(6-16(20)24-17(11)18)23-8-13-3-2-4-27-13/h2-4,6,12H,5,7-10,22H2,1H3,(H,23,24)/t12-/m0/s1. The lowest BCUT2D eigenvalue weighted by Gasteiger charge is -2.35. The van der Waals surface area contributed by atoms with Crippen molar-refractivity contribution in [3.63, 3.8) is 0 Å². The van der Waals surface area contributed by atoms with E-state index >= 15 is 0 Å². The highest BCUT2D eigenvalue weighted by molar-refractivity contribution is 7.09. The molecule has 1 fully saturated rings. The van der Waals surface area contributed by atoms with E-state index < -0.39 is 5.67 Å². The van der Waals surface area contributed by atoms with Gasteiger partial charge in [-0.1, -0.05) is 17.7 Å². The lowest BCUT2D eigenvalue weighted by atomic mass is 9.93. The van der Waals surface area contributed by atoms with Gasteiger partial charge in [-0.15, -0.1) is 11.3 Å². The summed E-state index contributed by atoms with van der Waals surface area (Å²) < 4.78 is 25.3. The van der Waals surface area contributed by atoms with Crippen molar-refractivity contribution in [2.45, 2.75) is 38.0 Å². The third kappa shape index (κ3) is 3.96. The number of aromatic nitrogens is 1. The first kappa shape index (κ1) is 18.7. The zero-order valence-electron chi connectivity index (χ0n) is 14.9. The van der Waals surface area contributed by atoms with Crippen molar-refractivity contribution >= 4 is 39.7 Å². The number of furan rings is 1. The molecule has 0 aliphatic carbocycles. The first-order valence-electron chi connectivity index (χ1n) is 8.80. The van der Waals surface area contributed by atoms with E-state index in [0.717, 1.165) is 17.0 Å². The normalized spacial score (nSPS) is 17.0. The number of anilines is 1. The van der Waals surface area contributed by atoms with Crippen LogP contribution in [0, 0.1) is 6.92 Å². The van der Waals surface area contributed by atoms with Crippen LogP contribution in [0.5, 0.6) is 0 Å². The Balaban J connectivity index is 1.57. The van der Waals surface area contributed by atoms with E-state index in [0.29, 0.717) is 29.2 Å². The molecule has 1 saturated heterocycles. The quantitative estimate of drug-likeness (QED) is 0.563. The van der Waals surface area contributed by atoms with E-state index in [4.69, 9.17) is 26.5 Å². The van der Waals surface area contributed by atoms with Crippen molar-refractivity contribution in [3.05, 3.63) is 44.9 Å². The van der Waals surface area contributed by atoms with Crippen LogP contribution in [-0.2, 0) is 17.7 Å². The molecule has 5 nitrogen and oxygen atoms in total. The summed E-state index contributed by atoms with van der Waals surface area (Å²) in [6.45, 7) is 2.84. The Morgan fingerprint density at radius 1 is 1.48 bits per heavy atom. The maximum absolute atomic E-state index is 14.2. The van der Waals surface area contributed by atoms with E-state index in [1.165, 1.54) is 4.88 Å². The lowest BCUT2D eigenvalue weighted by molar-refractivity contribution is -0.135. The topological polar surface area (TPSA) is 73.3 Å². The molecule has 0 bridgehead atoms. The molecule has 0 unspecified atom stereocenters. The van der Waals surface area contributed by atoms with E-state index in [-0.39, 0.29) is 25.7 Å². The largest absolute Gasteiger partial charge is 0.457 e. The summed E-state index contributed by atoms with van der Waals surface area (Å²) in [7, 11) is 0. The number of rotatable bonds is 7.